The van der Waals surface area contributed by atoms with Crippen molar-refractivity contribution in [3.05, 3.63) is 62.9 Å². The molecule has 2 aromatic rings. The number of fused-ring (bicyclic) bond motifs is 1. The predicted molar refractivity (Wildman–Crippen MR) is 134 cm³/mol. The van der Waals surface area contributed by atoms with E-state index in [4.69, 9.17) is 28.0 Å². The molecule has 2 fully saturated rings. The Hall–Kier alpha value is -2.80. The molecule has 208 valence electrons. The van der Waals surface area contributed by atoms with Gasteiger partial charge in [-0.15, -0.1) is 0 Å². The van der Waals surface area contributed by atoms with Crippen molar-refractivity contribution in [1.29, 1.82) is 0 Å². The van der Waals surface area contributed by atoms with Gasteiger partial charge in [0.25, 0.3) is 5.56 Å². The predicted octanol–water partition coefficient (Wildman–Crippen LogP) is 2.16. The fourth-order valence-electron chi connectivity index (χ4n) is 4.20. The number of hydrogen-bond acceptors (Lipinski definition) is 10. The molecule has 2 saturated heterocycles. The van der Waals surface area contributed by atoms with Crippen LogP contribution in [0, 0.1) is 0 Å². The zero-order valence-corrected chi connectivity index (χ0v) is 22.6. The Morgan fingerprint density at radius 2 is 1.82 bits per heavy atom. The first-order valence-electron chi connectivity index (χ1n) is 12.2. The largest absolute Gasteiger partial charge is 0.462 e. The van der Waals surface area contributed by atoms with Gasteiger partial charge in [-0.3, -0.25) is 19.1 Å². The number of carbonyl (C=O) groups is 1. The van der Waals surface area contributed by atoms with Gasteiger partial charge in [-0.2, -0.15) is 5.09 Å². The molecule has 0 saturated carbocycles. The SMILES string of the molecule is CC(C)OC(=O)[C@@H](C)N[P@@](=O)(OC[C@H]1O[C@@H](c2c[nH]c(=O)[nH]c2=O)[C@@H]2OC(C)(C)O[C@@H]21)Oc1ccccc1. The number of aromatic nitrogens is 2. The lowest BCUT2D eigenvalue weighted by Crippen LogP contribution is -2.38. The number of carbonyl (C=O) groups excluding carboxylic acids is 1. The highest BCUT2D eigenvalue weighted by Crippen LogP contribution is 2.48. The van der Waals surface area contributed by atoms with Gasteiger partial charge in [0.2, 0.25) is 0 Å². The number of benzene rings is 1. The molecule has 1 aromatic heterocycles. The lowest BCUT2D eigenvalue weighted by Gasteiger charge is -2.26. The fourth-order valence-corrected chi connectivity index (χ4v) is 5.71. The topological polar surface area (TPSA) is 167 Å². The molecule has 38 heavy (non-hydrogen) atoms. The van der Waals surface area contributed by atoms with Crippen LogP contribution in [-0.4, -0.2) is 58.8 Å². The van der Waals surface area contributed by atoms with Crippen molar-refractivity contribution in [2.75, 3.05) is 6.61 Å². The molecule has 4 rings (SSSR count). The second-order valence-electron chi connectivity index (χ2n) is 9.72. The zero-order chi connectivity index (χ0) is 27.7. The summed E-state index contributed by atoms with van der Waals surface area (Å²) in [4.78, 5) is 40.9. The van der Waals surface area contributed by atoms with E-state index in [0.29, 0.717) is 0 Å². The third-order valence-corrected chi connectivity index (χ3v) is 7.38. The molecule has 0 spiro atoms. The van der Waals surface area contributed by atoms with Crippen molar-refractivity contribution in [1.82, 2.24) is 15.1 Å². The van der Waals surface area contributed by atoms with Crippen molar-refractivity contribution in [2.24, 2.45) is 0 Å². The lowest BCUT2D eigenvalue weighted by atomic mass is 10.0. The highest BCUT2D eigenvalue weighted by Gasteiger charge is 2.56. The Morgan fingerprint density at radius 3 is 2.47 bits per heavy atom. The Bertz CT molecular complexity index is 1290. The van der Waals surface area contributed by atoms with Gasteiger partial charge in [-0.1, -0.05) is 18.2 Å². The number of rotatable bonds is 10. The summed E-state index contributed by atoms with van der Waals surface area (Å²) in [6, 6.07) is 7.30. The normalized spacial score (nSPS) is 26.5. The van der Waals surface area contributed by atoms with Gasteiger partial charge in [0.05, 0.1) is 18.3 Å². The minimum Gasteiger partial charge on any atom is -0.462 e. The molecule has 0 aliphatic carbocycles. The minimum atomic E-state index is -4.17. The Labute approximate surface area is 218 Å². The van der Waals surface area contributed by atoms with Gasteiger partial charge in [0.1, 0.15) is 36.2 Å². The molecule has 0 bridgehead atoms. The molecule has 0 amide bonds. The Kier molecular flexibility index (Phi) is 8.26. The van der Waals surface area contributed by atoms with Gasteiger partial charge < -0.3 is 28.5 Å². The molecule has 0 radical (unpaired) electrons. The molecule has 2 aliphatic heterocycles. The summed E-state index contributed by atoms with van der Waals surface area (Å²) in [5.74, 6) is -1.39. The van der Waals surface area contributed by atoms with Crippen LogP contribution >= 0.6 is 7.75 Å². The first-order valence-corrected chi connectivity index (χ1v) is 13.7. The molecule has 3 N–H and O–H groups in total. The standard InChI is InChI=1S/C24H32N3O10P/c1-13(2)33-22(29)14(3)27-38(31,37-15-9-7-6-8-10-15)32-12-17-19-20(36-24(4,5)35-19)18(34-17)16-11-25-23(30)26-21(16)28/h6-11,13-14,17-20H,12H2,1-5H3,(H,27,31)(H2,25,26,28,30)/t14-,17-,18+,19-,20+,38-/m1/s1. The second-order valence-corrected chi connectivity index (χ2v) is 11.4. The molecule has 1 aromatic carbocycles. The van der Waals surface area contributed by atoms with Crippen LogP contribution < -0.4 is 20.9 Å². The number of nitrogens with one attached hydrogen (secondary N) is 3. The van der Waals surface area contributed by atoms with Gasteiger partial charge in [0, 0.05) is 6.20 Å². The number of hydrogen-bond donors (Lipinski definition) is 3. The summed E-state index contributed by atoms with van der Waals surface area (Å²) in [6.45, 7) is 8.00. The van der Waals surface area contributed by atoms with Crippen LogP contribution in [-0.2, 0) is 32.8 Å². The molecular weight excluding hydrogens is 521 g/mol. The number of ether oxygens (including phenoxy) is 4. The zero-order valence-electron chi connectivity index (χ0n) is 21.7. The molecule has 13 nitrogen and oxygen atoms in total. The van der Waals surface area contributed by atoms with Crippen LogP contribution in [0.1, 0.15) is 46.3 Å². The van der Waals surface area contributed by atoms with E-state index in [1.807, 2.05) is 0 Å². The molecule has 14 heteroatoms. The van der Waals surface area contributed by atoms with Gasteiger partial charge in [0.15, 0.2) is 5.79 Å². The quantitative estimate of drug-likeness (QED) is 0.291. The van der Waals surface area contributed by atoms with Gasteiger partial charge in [-0.25, -0.2) is 9.36 Å². The Balaban J connectivity index is 1.55. The summed E-state index contributed by atoms with van der Waals surface area (Å²) >= 11 is 0. The van der Waals surface area contributed by atoms with Crippen LogP contribution in [0.5, 0.6) is 5.75 Å². The molecule has 3 heterocycles. The van der Waals surface area contributed by atoms with Crippen molar-refractivity contribution in [2.45, 2.75) is 77.0 Å². The number of esters is 1. The maximum atomic E-state index is 13.8. The number of aromatic amines is 2. The van der Waals surface area contributed by atoms with E-state index in [0.717, 1.165) is 0 Å². The maximum Gasteiger partial charge on any atom is 0.459 e. The van der Waals surface area contributed by atoms with E-state index in [9.17, 15) is 18.9 Å². The molecular formula is C24H32N3O10P. The van der Waals surface area contributed by atoms with E-state index in [1.54, 1.807) is 58.0 Å². The van der Waals surface area contributed by atoms with E-state index >= 15 is 0 Å². The average Bonchev–Trinajstić information content (AvgIpc) is 3.31. The fraction of sp³-hybridized carbons (Fsp3) is 0.542. The van der Waals surface area contributed by atoms with Gasteiger partial charge >= 0.3 is 19.4 Å². The van der Waals surface area contributed by atoms with Crippen LogP contribution in [0.2, 0.25) is 0 Å². The maximum absolute atomic E-state index is 13.8. The first kappa shape index (κ1) is 28.2. The van der Waals surface area contributed by atoms with E-state index in [1.165, 1.54) is 13.1 Å². The van der Waals surface area contributed by atoms with Crippen LogP contribution in [0.4, 0.5) is 0 Å². The first-order chi connectivity index (χ1) is 17.9. The van der Waals surface area contributed by atoms with E-state index in [-0.39, 0.29) is 24.0 Å². The average molecular weight is 554 g/mol. The highest BCUT2D eigenvalue weighted by molar-refractivity contribution is 7.52. The molecule has 0 unspecified atom stereocenters. The summed E-state index contributed by atoms with van der Waals surface area (Å²) in [5.41, 5.74) is -1.16. The van der Waals surface area contributed by atoms with Crippen molar-refractivity contribution >= 4 is 13.7 Å². The van der Waals surface area contributed by atoms with Gasteiger partial charge in [-0.05, 0) is 46.8 Å². The minimum absolute atomic E-state index is 0.135. The monoisotopic (exact) mass is 553 g/mol. The second kappa shape index (κ2) is 11.1. The smallest absolute Gasteiger partial charge is 0.459 e. The molecule has 6 atom stereocenters. The summed E-state index contributed by atoms with van der Waals surface area (Å²) < 4.78 is 48.5. The third kappa shape index (κ3) is 6.60. The lowest BCUT2D eigenvalue weighted by molar-refractivity contribution is -0.190. The van der Waals surface area contributed by atoms with E-state index < -0.39 is 61.2 Å². The van der Waals surface area contributed by atoms with Crippen LogP contribution in [0.25, 0.3) is 0 Å². The summed E-state index contributed by atoms with van der Waals surface area (Å²) in [5, 5.41) is 2.62. The number of para-hydroxylation sites is 1. The van der Waals surface area contributed by atoms with Crippen molar-refractivity contribution < 1.29 is 37.4 Å². The Morgan fingerprint density at radius 1 is 1.13 bits per heavy atom. The van der Waals surface area contributed by atoms with E-state index in [2.05, 4.69) is 15.1 Å². The molecule has 2 aliphatic rings. The van der Waals surface area contributed by atoms with Crippen molar-refractivity contribution in [3.63, 3.8) is 0 Å². The van der Waals surface area contributed by atoms with Crippen molar-refractivity contribution in [3.8, 4) is 5.75 Å². The summed E-state index contributed by atoms with van der Waals surface area (Å²) in [6.07, 6.45) is -2.28. The van der Waals surface area contributed by atoms with Crippen LogP contribution in [0.15, 0.2) is 46.1 Å². The third-order valence-electron chi connectivity index (χ3n) is 5.74. The highest BCUT2D eigenvalue weighted by atomic mass is 31.2. The number of H-pyrrole nitrogens is 2. The summed E-state index contributed by atoms with van der Waals surface area (Å²) in [7, 11) is -4.17. The van der Waals surface area contributed by atoms with Crippen LogP contribution in [0.3, 0.4) is 0 Å².